The molecule has 0 saturated carbocycles. The number of alkyl halides is 3. The van der Waals surface area contributed by atoms with Crippen molar-refractivity contribution in [3.05, 3.63) is 82.3 Å². The van der Waals surface area contributed by atoms with Gasteiger partial charge in [0, 0.05) is 11.1 Å². The van der Waals surface area contributed by atoms with Gasteiger partial charge in [-0.25, -0.2) is 4.98 Å². The van der Waals surface area contributed by atoms with Gasteiger partial charge in [-0.1, -0.05) is 30.3 Å². The number of benzene rings is 2. The molecule has 0 fully saturated rings. The Balaban J connectivity index is 2.01. The highest BCUT2D eigenvalue weighted by molar-refractivity contribution is 6.04. The average Bonchev–Trinajstić information content (AvgIpc) is 2.71. The lowest BCUT2D eigenvalue weighted by molar-refractivity contribution is -0.138. The highest BCUT2D eigenvalue weighted by atomic mass is 19.4. The number of anilines is 1. The van der Waals surface area contributed by atoms with Gasteiger partial charge < -0.3 is 10.4 Å². The molecule has 154 valence electrons. The van der Waals surface area contributed by atoms with Crippen molar-refractivity contribution in [2.75, 3.05) is 5.32 Å². The summed E-state index contributed by atoms with van der Waals surface area (Å²) in [6, 6.07) is 11.8. The van der Waals surface area contributed by atoms with E-state index < -0.39 is 35.7 Å². The van der Waals surface area contributed by atoms with Gasteiger partial charge >= 0.3 is 12.1 Å². The zero-order valence-corrected chi connectivity index (χ0v) is 15.2. The number of aliphatic carboxylic acids is 1. The summed E-state index contributed by atoms with van der Waals surface area (Å²) in [7, 11) is 0. The molecule has 1 aromatic heterocycles. The minimum atomic E-state index is -4.54. The summed E-state index contributed by atoms with van der Waals surface area (Å²) in [5, 5.41) is 11.5. The molecule has 0 spiro atoms. The molecular formula is C20H14F3N3O4. The number of carbonyl (C=O) groups excluding carboxylic acids is 1. The quantitative estimate of drug-likeness (QED) is 0.664. The number of rotatable bonds is 5. The van der Waals surface area contributed by atoms with Gasteiger partial charge in [-0.2, -0.15) is 13.2 Å². The highest BCUT2D eigenvalue weighted by Gasteiger charge is 2.30. The third kappa shape index (κ3) is 4.54. The molecule has 2 aromatic carbocycles. The summed E-state index contributed by atoms with van der Waals surface area (Å²) in [4.78, 5) is 40.3. The fourth-order valence-corrected chi connectivity index (χ4v) is 2.68. The van der Waals surface area contributed by atoms with E-state index in [9.17, 15) is 27.6 Å². The molecule has 1 heterocycles. The zero-order chi connectivity index (χ0) is 21.9. The third-order valence-corrected chi connectivity index (χ3v) is 4.10. The van der Waals surface area contributed by atoms with Crippen molar-refractivity contribution in [1.82, 2.24) is 9.55 Å². The second kappa shape index (κ2) is 8.19. The Bertz CT molecular complexity index is 1140. The molecule has 0 unspecified atom stereocenters. The predicted molar refractivity (Wildman–Crippen MR) is 101 cm³/mol. The van der Waals surface area contributed by atoms with Crippen LogP contribution < -0.4 is 10.9 Å². The Morgan fingerprint density at radius 2 is 1.67 bits per heavy atom. The Morgan fingerprint density at radius 1 is 1.03 bits per heavy atom. The molecule has 0 radical (unpaired) electrons. The molecule has 1 amide bonds. The van der Waals surface area contributed by atoms with E-state index in [2.05, 4.69) is 10.3 Å². The largest absolute Gasteiger partial charge is 0.480 e. The zero-order valence-electron chi connectivity index (χ0n) is 15.2. The maximum Gasteiger partial charge on any atom is 0.416 e. The smallest absolute Gasteiger partial charge is 0.416 e. The van der Waals surface area contributed by atoms with Crippen LogP contribution in [0.1, 0.15) is 15.9 Å². The molecule has 3 aromatic rings. The van der Waals surface area contributed by atoms with Crippen LogP contribution in [0.5, 0.6) is 0 Å². The van der Waals surface area contributed by atoms with Gasteiger partial charge in [-0.15, -0.1) is 0 Å². The maximum atomic E-state index is 12.8. The van der Waals surface area contributed by atoms with Crippen LogP contribution in [0.2, 0.25) is 0 Å². The fourth-order valence-electron chi connectivity index (χ4n) is 2.68. The van der Waals surface area contributed by atoms with Crippen molar-refractivity contribution < 1.29 is 27.9 Å². The molecule has 2 N–H and O–H groups in total. The van der Waals surface area contributed by atoms with Crippen molar-refractivity contribution >= 4 is 17.6 Å². The van der Waals surface area contributed by atoms with Crippen molar-refractivity contribution in [3.8, 4) is 11.4 Å². The number of carboxylic acids is 1. The molecule has 7 nitrogen and oxygen atoms in total. The molecule has 30 heavy (non-hydrogen) atoms. The van der Waals surface area contributed by atoms with E-state index in [-0.39, 0.29) is 22.6 Å². The fraction of sp³-hybridized carbons (Fsp3) is 0.100. The van der Waals surface area contributed by atoms with Crippen molar-refractivity contribution in [2.24, 2.45) is 0 Å². The predicted octanol–water partition coefficient (Wildman–Crippen LogP) is 3.27. The van der Waals surface area contributed by atoms with Crippen molar-refractivity contribution in [2.45, 2.75) is 12.7 Å². The molecule has 0 aliphatic heterocycles. The van der Waals surface area contributed by atoms with E-state index in [1.54, 1.807) is 18.2 Å². The van der Waals surface area contributed by atoms with Gasteiger partial charge in [0.25, 0.3) is 11.5 Å². The first-order chi connectivity index (χ1) is 14.2. The van der Waals surface area contributed by atoms with E-state index in [4.69, 9.17) is 5.11 Å². The van der Waals surface area contributed by atoms with E-state index in [1.807, 2.05) is 0 Å². The van der Waals surface area contributed by atoms with Gasteiger partial charge in [0.15, 0.2) is 0 Å². The van der Waals surface area contributed by atoms with Crippen LogP contribution in [0, 0.1) is 0 Å². The average molecular weight is 417 g/mol. The monoisotopic (exact) mass is 417 g/mol. The van der Waals surface area contributed by atoms with Crippen LogP contribution in [-0.2, 0) is 17.5 Å². The van der Waals surface area contributed by atoms with Crippen molar-refractivity contribution in [3.63, 3.8) is 0 Å². The Morgan fingerprint density at radius 3 is 2.23 bits per heavy atom. The van der Waals surface area contributed by atoms with E-state index >= 15 is 0 Å². The summed E-state index contributed by atoms with van der Waals surface area (Å²) in [6.45, 7) is -0.794. The SMILES string of the molecule is O=C(O)Cn1c(-c2ccc(C(F)(F)F)cc2)ncc(NC(=O)c2ccccc2)c1=O. The normalized spacial score (nSPS) is 11.2. The number of halogens is 3. The minimum Gasteiger partial charge on any atom is -0.480 e. The molecule has 0 bridgehead atoms. The number of nitrogens with one attached hydrogen (secondary N) is 1. The molecular weight excluding hydrogens is 403 g/mol. The number of carbonyl (C=O) groups is 2. The summed E-state index contributed by atoms with van der Waals surface area (Å²) in [6.07, 6.45) is -3.51. The lowest BCUT2D eigenvalue weighted by atomic mass is 10.1. The molecule has 0 aliphatic carbocycles. The van der Waals surface area contributed by atoms with Gasteiger partial charge in [0.1, 0.15) is 18.1 Å². The topological polar surface area (TPSA) is 101 Å². The molecule has 0 atom stereocenters. The van der Waals surface area contributed by atoms with Crippen LogP contribution in [-0.4, -0.2) is 26.5 Å². The van der Waals surface area contributed by atoms with E-state index in [0.717, 1.165) is 35.0 Å². The van der Waals surface area contributed by atoms with E-state index in [0.29, 0.717) is 0 Å². The summed E-state index contributed by atoms with van der Waals surface area (Å²) >= 11 is 0. The summed E-state index contributed by atoms with van der Waals surface area (Å²) < 4.78 is 39.1. The second-order valence-electron chi connectivity index (χ2n) is 6.18. The van der Waals surface area contributed by atoms with Crippen LogP contribution in [0.15, 0.2) is 65.6 Å². The van der Waals surface area contributed by atoms with Crippen LogP contribution in [0.3, 0.4) is 0 Å². The second-order valence-corrected chi connectivity index (χ2v) is 6.18. The maximum absolute atomic E-state index is 12.8. The van der Waals surface area contributed by atoms with Gasteiger partial charge in [-0.05, 0) is 24.3 Å². The van der Waals surface area contributed by atoms with E-state index in [1.165, 1.54) is 12.1 Å². The Hall–Kier alpha value is -3.95. The minimum absolute atomic E-state index is 0.113. The number of amides is 1. The summed E-state index contributed by atoms with van der Waals surface area (Å²) in [5.74, 6) is -2.11. The first-order valence-electron chi connectivity index (χ1n) is 8.52. The summed E-state index contributed by atoms with van der Waals surface area (Å²) in [5.41, 5.74) is -1.63. The molecule has 3 rings (SSSR count). The Kier molecular flexibility index (Phi) is 5.67. The van der Waals surface area contributed by atoms with Gasteiger partial charge in [0.2, 0.25) is 0 Å². The molecule has 10 heteroatoms. The number of aromatic nitrogens is 2. The van der Waals surface area contributed by atoms with Gasteiger partial charge in [-0.3, -0.25) is 19.0 Å². The number of hydrogen-bond donors (Lipinski definition) is 2. The standard InChI is InChI=1S/C20H14F3N3O4/c21-20(22,23)14-8-6-12(7-9-14)17-24-10-15(19(30)26(17)11-16(27)28)25-18(29)13-4-2-1-3-5-13/h1-10H,11H2,(H,25,29)(H,27,28). The first kappa shape index (κ1) is 20.8. The molecule has 0 saturated heterocycles. The van der Waals surface area contributed by atoms with Gasteiger partial charge in [0.05, 0.1) is 11.8 Å². The Labute approximate surface area is 167 Å². The number of carboxylic acid groups (broad SMARTS) is 1. The van der Waals surface area contributed by atoms with Crippen molar-refractivity contribution in [1.29, 1.82) is 0 Å². The highest BCUT2D eigenvalue weighted by Crippen LogP contribution is 2.30. The van der Waals surface area contributed by atoms with Crippen LogP contribution >= 0.6 is 0 Å². The van der Waals surface area contributed by atoms with Crippen LogP contribution in [0.25, 0.3) is 11.4 Å². The lowest BCUT2D eigenvalue weighted by Gasteiger charge is -2.13. The third-order valence-electron chi connectivity index (χ3n) is 4.10. The number of nitrogens with zero attached hydrogens (tertiary/aromatic N) is 2. The lowest BCUT2D eigenvalue weighted by Crippen LogP contribution is -2.30. The number of hydrogen-bond acceptors (Lipinski definition) is 4. The van der Waals surface area contributed by atoms with Crippen LogP contribution in [0.4, 0.5) is 18.9 Å². The first-order valence-corrected chi connectivity index (χ1v) is 8.52. The molecule has 0 aliphatic rings.